The Balaban J connectivity index is 2.26. The molecule has 1 aliphatic rings. The third kappa shape index (κ3) is 3.46. The molecule has 0 radical (unpaired) electrons. The molecule has 0 aliphatic carbocycles. The number of anilines is 1. The number of halogens is 1. The van der Waals surface area contributed by atoms with Gasteiger partial charge in [-0.1, -0.05) is 18.3 Å². The highest BCUT2D eigenvalue weighted by Gasteiger charge is 2.21. The van der Waals surface area contributed by atoms with Gasteiger partial charge in [0.25, 0.3) is 0 Å². The van der Waals surface area contributed by atoms with E-state index in [-0.39, 0.29) is 0 Å². The largest absolute Gasteiger partial charge is 0.389 e. The van der Waals surface area contributed by atoms with Crippen LogP contribution in [0.4, 0.5) is 5.69 Å². The smallest absolute Gasteiger partial charge is 0.107 e. The molecule has 0 bridgehead atoms. The molecule has 19 heavy (non-hydrogen) atoms. The number of ether oxygens (including phenoxy) is 1. The molecule has 1 aliphatic heterocycles. The minimum Gasteiger partial charge on any atom is -0.389 e. The van der Waals surface area contributed by atoms with Crippen molar-refractivity contribution in [3.05, 3.63) is 28.2 Å². The molecule has 2 N–H and O–H groups in total. The zero-order valence-electron chi connectivity index (χ0n) is 11.1. The van der Waals surface area contributed by atoms with E-state index < -0.39 is 0 Å². The van der Waals surface area contributed by atoms with Crippen LogP contribution in [0.15, 0.2) is 22.7 Å². The van der Waals surface area contributed by atoms with Crippen LogP contribution in [0.5, 0.6) is 0 Å². The van der Waals surface area contributed by atoms with E-state index in [1.807, 2.05) is 12.1 Å². The summed E-state index contributed by atoms with van der Waals surface area (Å²) in [6.45, 7) is 4.82. The minimum absolute atomic E-state index is 0.318. The Hall–Kier alpha value is -0.650. The molecule has 1 fully saturated rings. The summed E-state index contributed by atoms with van der Waals surface area (Å²) in [5.74, 6) is 0. The average Bonchev–Trinajstić information content (AvgIpc) is 2.88. The van der Waals surface area contributed by atoms with Gasteiger partial charge in [0.15, 0.2) is 0 Å². The summed E-state index contributed by atoms with van der Waals surface area (Å²) in [5.41, 5.74) is 7.86. The van der Waals surface area contributed by atoms with E-state index >= 15 is 0 Å². The summed E-state index contributed by atoms with van der Waals surface area (Å²) < 4.78 is 6.67. The lowest BCUT2D eigenvalue weighted by Crippen LogP contribution is -2.33. The van der Waals surface area contributed by atoms with Crippen LogP contribution in [0.2, 0.25) is 0 Å². The lowest BCUT2D eigenvalue weighted by molar-refractivity contribution is 0.115. The summed E-state index contributed by atoms with van der Waals surface area (Å²) in [7, 11) is 0. The maximum Gasteiger partial charge on any atom is 0.107 e. The topological polar surface area (TPSA) is 38.5 Å². The average molecular weight is 343 g/mol. The van der Waals surface area contributed by atoms with E-state index in [0.717, 1.165) is 48.3 Å². The van der Waals surface area contributed by atoms with Gasteiger partial charge in [-0.05, 0) is 47.8 Å². The predicted octanol–water partition coefficient (Wildman–Crippen LogP) is 3.09. The van der Waals surface area contributed by atoms with Gasteiger partial charge in [-0.15, -0.1) is 0 Å². The Kier molecular flexibility index (Phi) is 5.19. The van der Waals surface area contributed by atoms with Gasteiger partial charge in [-0.2, -0.15) is 0 Å². The van der Waals surface area contributed by atoms with Gasteiger partial charge in [0.2, 0.25) is 0 Å². The van der Waals surface area contributed by atoms with Gasteiger partial charge in [-0.3, -0.25) is 0 Å². The van der Waals surface area contributed by atoms with Crippen molar-refractivity contribution in [3.63, 3.8) is 0 Å². The lowest BCUT2D eigenvalue weighted by Gasteiger charge is -2.28. The van der Waals surface area contributed by atoms with Crippen LogP contribution < -0.4 is 10.6 Å². The Morgan fingerprint density at radius 2 is 2.37 bits per heavy atom. The first-order valence-electron chi connectivity index (χ1n) is 6.58. The van der Waals surface area contributed by atoms with Crippen LogP contribution in [-0.4, -0.2) is 30.8 Å². The highest BCUT2D eigenvalue weighted by molar-refractivity contribution is 9.10. The normalized spacial score (nSPS) is 18.5. The Morgan fingerprint density at radius 1 is 1.58 bits per heavy atom. The first kappa shape index (κ1) is 14.8. The fourth-order valence-electron chi connectivity index (χ4n) is 2.45. The van der Waals surface area contributed by atoms with Crippen LogP contribution in [0.1, 0.15) is 25.3 Å². The van der Waals surface area contributed by atoms with Gasteiger partial charge in [0, 0.05) is 35.4 Å². The maximum atomic E-state index is 5.86. The summed E-state index contributed by atoms with van der Waals surface area (Å²) >= 11 is 8.71. The van der Waals surface area contributed by atoms with Crippen molar-refractivity contribution < 1.29 is 4.74 Å². The number of thiocarbonyl (C=S) groups is 1. The molecular formula is C14H19BrN2OS. The van der Waals surface area contributed by atoms with Crippen LogP contribution >= 0.6 is 28.1 Å². The third-order valence-electron chi connectivity index (χ3n) is 3.41. The van der Waals surface area contributed by atoms with Gasteiger partial charge in [0.05, 0.1) is 6.10 Å². The van der Waals surface area contributed by atoms with E-state index in [2.05, 4.69) is 33.8 Å². The van der Waals surface area contributed by atoms with Gasteiger partial charge in [-0.25, -0.2) is 0 Å². The Labute approximate surface area is 128 Å². The van der Waals surface area contributed by atoms with Crippen LogP contribution in [0.3, 0.4) is 0 Å². The summed E-state index contributed by atoms with van der Waals surface area (Å²) in [6, 6.07) is 6.05. The lowest BCUT2D eigenvalue weighted by atomic mass is 10.1. The number of rotatable bonds is 5. The second-order valence-electron chi connectivity index (χ2n) is 4.67. The molecule has 3 nitrogen and oxygen atoms in total. The zero-order valence-corrected chi connectivity index (χ0v) is 13.5. The van der Waals surface area contributed by atoms with Crippen molar-refractivity contribution in [2.45, 2.75) is 25.9 Å². The number of nitrogens with zero attached hydrogens (tertiary/aromatic N) is 1. The summed E-state index contributed by atoms with van der Waals surface area (Å²) in [5, 5.41) is 0. The summed E-state index contributed by atoms with van der Waals surface area (Å²) in [4.78, 5) is 2.71. The highest BCUT2D eigenvalue weighted by atomic mass is 79.9. The molecule has 1 atom stereocenters. The van der Waals surface area contributed by atoms with Gasteiger partial charge >= 0.3 is 0 Å². The van der Waals surface area contributed by atoms with Crippen LogP contribution in [0, 0.1) is 0 Å². The quantitative estimate of drug-likeness (QED) is 0.834. The number of benzene rings is 1. The fraction of sp³-hybridized carbons (Fsp3) is 0.500. The van der Waals surface area contributed by atoms with E-state index in [4.69, 9.17) is 22.7 Å². The molecule has 2 rings (SSSR count). The molecule has 104 valence electrons. The summed E-state index contributed by atoms with van der Waals surface area (Å²) in [6.07, 6.45) is 2.61. The van der Waals surface area contributed by atoms with Crippen LogP contribution in [0.25, 0.3) is 0 Å². The van der Waals surface area contributed by atoms with Crippen molar-refractivity contribution in [2.24, 2.45) is 5.73 Å². The van der Waals surface area contributed by atoms with E-state index in [0.29, 0.717) is 11.1 Å². The maximum absolute atomic E-state index is 5.86. The van der Waals surface area contributed by atoms with Crippen LogP contribution in [-0.2, 0) is 4.74 Å². The molecule has 0 aromatic heterocycles. The SMILES string of the molecule is CCN(CC1CCCO1)c1cccc(Br)c1C(N)=S. The molecule has 0 saturated carbocycles. The molecule has 0 spiro atoms. The molecule has 1 saturated heterocycles. The van der Waals surface area contributed by atoms with E-state index in [1.54, 1.807) is 0 Å². The van der Waals surface area contributed by atoms with Crippen molar-refractivity contribution in [2.75, 3.05) is 24.6 Å². The van der Waals surface area contributed by atoms with Crippen molar-refractivity contribution >= 4 is 38.8 Å². The molecular weight excluding hydrogens is 324 g/mol. The number of hydrogen-bond donors (Lipinski definition) is 1. The number of likely N-dealkylation sites (N-methyl/N-ethyl adjacent to an activating group) is 1. The van der Waals surface area contributed by atoms with Crippen molar-refractivity contribution in [1.82, 2.24) is 0 Å². The second-order valence-corrected chi connectivity index (χ2v) is 5.97. The second kappa shape index (κ2) is 6.68. The standard InChI is InChI=1S/C14H19BrN2OS/c1-2-17(9-10-5-4-8-18-10)12-7-3-6-11(15)13(12)14(16)19/h3,6-7,10H,2,4-5,8-9H2,1H3,(H2,16,19). The molecule has 1 heterocycles. The zero-order chi connectivity index (χ0) is 13.8. The van der Waals surface area contributed by atoms with Crippen molar-refractivity contribution in [1.29, 1.82) is 0 Å². The molecule has 1 aromatic rings. The predicted molar refractivity (Wildman–Crippen MR) is 86.9 cm³/mol. The Morgan fingerprint density at radius 3 is 2.95 bits per heavy atom. The molecule has 1 unspecified atom stereocenters. The number of hydrogen-bond acceptors (Lipinski definition) is 3. The number of nitrogens with two attached hydrogens (primary N) is 1. The molecule has 5 heteroatoms. The monoisotopic (exact) mass is 342 g/mol. The first-order chi connectivity index (χ1) is 9.13. The highest BCUT2D eigenvalue weighted by Crippen LogP contribution is 2.29. The van der Waals surface area contributed by atoms with Gasteiger partial charge in [0.1, 0.15) is 4.99 Å². The first-order valence-corrected chi connectivity index (χ1v) is 7.78. The molecule has 0 amide bonds. The van der Waals surface area contributed by atoms with E-state index in [1.165, 1.54) is 0 Å². The van der Waals surface area contributed by atoms with Crippen molar-refractivity contribution in [3.8, 4) is 0 Å². The third-order valence-corrected chi connectivity index (χ3v) is 4.27. The molecule has 1 aromatic carbocycles. The van der Waals surface area contributed by atoms with E-state index in [9.17, 15) is 0 Å². The Bertz CT molecular complexity index is 461. The minimum atomic E-state index is 0.318. The fourth-order valence-corrected chi connectivity index (χ4v) is 3.37. The van der Waals surface area contributed by atoms with Gasteiger partial charge < -0.3 is 15.4 Å².